The van der Waals surface area contributed by atoms with E-state index in [0.29, 0.717) is 6.54 Å². The Kier molecular flexibility index (Phi) is 6.56. The summed E-state index contributed by atoms with van der Waals surface area (Å²) in [6, 6.07) is 6.11. The van der Waals surface area contributed by atoms with E-state index in [1.165, 1.54) is 24.8 Å². The fourth-order valence-corrected chi connectivity index (χ4v) is 2.11. The van der Waals surface area contributed by atoms with Gasteiger partial charge in [0.25, 0.3) is 0 Å². The van der Waals surface area contributed by atoms with E-state index in [2.05, 4.69) is 31.0 Å². The molecule has 96 valence electrons. The molecule has 0 saturated heterocycles. The van der Waals surface area contributed by atoms with Crippen molar-refractivity contribution in [1.29, 1.82) is 0 Å². The summed E-state index contributed by atoms with van der Waals surface area (Å²) in [5, 5.41) is 0.829. The summed E-state index contributed by atoms with van der Waals surface area (Å²) in [5.74, 6) is 0. The second kappa shape index (κ2) is 7.70. The summed E-state index contributed by atoms with van der Waals surface area (Å²) in [4.78, 5) is 2.32. The molecule has 0 spiro atoms. The fourth-order valence-electron chi connectivity index (χ4n) is 1.85. The molecule has 0 unspecified atom stereocenters. The minimum atomic E-state index is 0.548. The summed E-state index contributed by atoms with van der Waals surface area (Å²) in [5.41, 5.74) is 7.86. The summed E-state index contributed by atoms with van der Waals surface area (Å²) in [6.45, 7) is 4.81. The van der Waals surface area contributed by atoms with Crippen molar-refractivity contribution in [2.45, 2.75) is 39.3 Å². The molecule has 0 aromatic heterocycles. The number of halogens is 1. The van der Waals surface area contributed by atoms with Crippen LogP contribution in [0, 0.1) is 0 Å². The van der Waals surface area contributed by atoms with Gasteiger partial charge in [0.2, 0.25) is 0 Å². The van der Waals surface area contributed by atoms with Crippen LogP contribution in [-0.4, -0.2) is 18.5 Å². The Labute approximate surface area is 110 Å². The first-order valence-corrected chi connectivity index (χ1v) is 6.71. The molecule has 0 aliphatic heterocycles. The zero-order valence-corrected chi connectivity index (χ0v) is 11.6. The van der Waals surface area contributed by atoms with Crippen molar-refractivity contribution in [3.63, 3.8) is 0 Å². The van der Waals surface area contributed by atoms with Gasteiger partial charge in [0, 0.05) is 18.1 Å². The molecule has 0 aliphatic carbocycles. The maximum Gasteiger partial charge on any atom is 0.0454 e. The third-order valence-electron chi connectivity index (χ3n) is 2.94. The van der Waals surface area contributed by atoms with Crippen LogP contribution >= 0.6 is 11.6 Å². The van der Waals surface area contributed by atoms with Crippen molar-refractivity contribution in [2.75, 3.05) is 13.6 Å². The van der Waals surface area contributed by atoms with Gasteiger partial charge in [-0.25, -0.2) is 0 Å². The Bertz CT molecular complexity index is 339. The Morgan fingerprint density at radius 3 is 2.65 bits per heavy atom. The van der Waals surface area contributed by atoms with Crippen molar-refractivity contribution in [3.8, 4) is 0 Å². The maximum atomic E-state index is 6.23. The molecular weight excluding hydrogens is 232 g/mol. The second-order valence-electron chi connectivity index (χ2n) is 4.57. The summed E-state index contributed by atoms with van der Waals surface area (Å²) in [6.07, 6.45) is 3.81. The molecule has 2 nitrogen and oxygen atoms in total. The first kappa shape index (κ1) is 14.5. The van der Waals surface area contributed by atoms with Gasteiger partial charge in [-0.2, -0.15) is 0 Å². The van der Waals surface area contributed by atoms with Gasteiger partial charge in [0.1, 0.15) is 0 Å². The molecular formula is C14H23ClN2. The van der Waals surface area contributed by atoms with Gasteiger partial charge in [-0.05, 0) is 37.2 Å². The van der Waals surface area contributed by atoms with E-state index >= 15 is 0 Å². The van der Waals surface area contributed by atoms with Crippen LogP contribution in [0.4, 0.5) is 0 Å². The fraction of sp³-hybridized carbons (Fsp3) is 0.571. The SMILES string of the molecule is CCCCCN(C)Cc1ccc(CN)cc1Cl. The molecule has 2 N–H and O–H groups in total. The van der Waals surface area contributed by atoms with Crippen LogP contribution in [0.2, 0.25) is 5.02 Å². The van der Waals surface area contributed by atoms with Crippen molar-refractivity contribution in [3.05, 3.63) is 34.3 Å². The monoisotopic (exact) mass is 254 g/mol. The lowest BCUT2D eigenvalue weighted by atomic mass is 10.1. The van der Waals surface area contributed by atoms with E-state index in [4.69, 9.17) is 17.3 Å². The minimum Gasteiger partial charge on any atom is -0.326 e. The van der Waals surface area contributed by atoms with Gasteiger partial charge < -0.3 is 10.6 Å². The highest BCUT2D eigenvalue weighted by molar-refractivity contribution is 6.31. The molecule has 0 atom stereocenters. The van der Waals surface area contributed by atoms with Gasteiger partial charge in [-0.1, -0.05) is 43.5 Å². The van der Waals surface area contributed by atoms with Gasteiger partial charge in [-0.15, -0.1) is 0 Å². The predicted molar refractivity (Wildman–Crippen MR) is 75.2 cm³/mol. The molecule has 1 rings (SSSR count). The zero-order valence-electron chi connectivity index (χ0n) is 10.9. The molecule has 0 bridgehead atoms. The van der Waals surface area contributed by atoms with Crippen LogP contribution in [0.3, 0.4) is 0 Å². The van der Waals surface area contributed by atoms with Crippen molar-refractivity contribution < 1.29 is 0 Å². The molecule has 0 fully saturated rings. The average Bonchev–Trinajstić information content (AvgIpc) is 2.32. The average molecular weight is 255 g/mol. The standard InChI is InChI=1S/C14H23ClN2/c1-3-4-5-8-17(2)11-13-7-6-12(10-16)9-14(13)15/h6-7,9H,3-5,8,10-11,16H2,1-2H3. The molecule has 0 saturated carbocycles. The first-order valence-electron chi connectivity index (χ1n) is 6.33. The third kappa shape index (κ3) is 5.07. The smallest absolute Gasteiger partial charge is 0.0454 e. The lowest BCUT2D eigenvalue weighted by molar-refractivity contribution is 0.318. The Hall–Kier alpha value is -0.570. The quantitative estimate of drug-likeness (QED) is 0.756. The molecule has 17 heavy (non-hydrogen) atoms. The highest BCUT2D eigenvalue weighted by atomic mass is 35.5. The van der Waals surface area contributed by atoms with E-state index in [1.54, 1.807) is 0 Å². The van der Waals surface area contributed by atoms with E-state index < -0.39 is 0 Å². The maximum absolute atomic E-state index is 6.23. The van der Waals surface area contributed by atoms with E-state index in [0.717, 1.165) is 23.7 Å². The van der Waals surface area contributed by atoms with Crippen molar-refractivity contribution in [1.82, 2.24) is 4.90 Å². The third-order valence-corrected chi connectivity index (χ3v) is 3.29. The van der Waals surface area contributed by atoms with Crippen LogP contribution < -0.4 is 5.73 Å². The number of nitrogens with two attached hydrogens (primary N) is 1. The van der Waals surface area contributed by atoms with Crippen LogP contribution in [-0.2, 0) is 13.1 Å². The number of rotatable bonds is 7. The summed E-state index contributed by atoms with van der Waals surface area (Å²) < 4.78 is 0. The Morgan fingerprint density at radius 1 is 1.29 bits per heavy atom. The molecule has 1 aromatic carbocycles. The summed E-state index contributed by atoms with van der Waals surface area (Å²) in [7, 11) is 2.14. The minimum absolute atomic E-state index is 0.548. The molecule has 0 amide bonds. The van der Waals surface area contributed by atoms with Crippen LogP contribution in [0.15, 0.2) is 18.2 Å². The highest BCUT2D eigenvalue weighted by Gasteiger charge is 2.05. The van der Waals surface area contributed by atoms with Crippen LogP contribution in [0.25, 0.3) is 0 Å². The molecule has 1 aromatic rings. The van der Waals surface area contributed by atoms with Crippen molar-refractivity contribution >= 4 is 11.6 Å². The normalized spacial score (nSPS) is 11.1. The van der Waals surface area contributed by atoms with Gasteiger partial charge >= 0.3 is 0 Å². The topological polar surface area (TPSA) is 29.3 Å². The number of hydrogen-bond acceptors (Lipinski definition) is 2. The Morgan fingerprint density at radius 2 is 2.06 bits per heavy atom. The van der Waals surface area contributed by atoms with E-state index in [9.17, 15) is 0 Å². The number of hydrogen-bond donors (Lipinski definition) is 1. The van der Waals surface area contributed by atoms with Gasteiger partial charge in [0.15, 0.2) is 0 Å². The second-order valence-corrected chi connectivity index (χ2v) is 4.98. The summed E-state index contributed by atoms with van der Waals surface area (Å²) >= 11 is 6.23. The largest absolute Gasteiger partial charge is 0.326 e. The van der Waals surface area contributed by atoms with Crippen LogP contribution in [0.1, 0.15) is 37.3 Å². The first-order chi connectivity index (χ1) is 8.17. The van der Waals surface area contributed by atoms with Crippen LogP contribution in [0.5, 0.6) is 0 Å². The zero-order chi connectivity index (χ0) is 12.7. The highest BCUT2D eigenvalue weighted by Crippen LogP contribution is 2.19. The lowest BCUT2D eigenvalue weighted by Gasteiger charge is -2.17. The number of benzene rings is 1. The molecule has 0 aliphatic rings. The van der Waals surface area contributed by atoms with E-state index in [-0.39, 0.29) is 0 Å². The molecule has 3 heteroatoms. The van der Waals surface area contributed by atoms with E-state index in [1.807, 2.05) is 6.07 Å². The predicted octanol–water partition coefficient (Wildman–Crippen LogP) is 3.42. The molecule has 0 heterocycles. The van der Waals surface area contributed by atoms with Crippen molar-refractivity contribution in [2.24, 2.45) is 5.73 Å². The number of unbranched alkanes of at least 4 members (excludes halogenated alkanes) is 2. The number of nitrogens with zero attached hydrogens (tertiary/aromatic N) is 1. The lowest BCUT2D eigenvalue weighted by Crippen LogP contribution is -2.19. The molecule has 0 radical (unpaired) electrons. The van der Waals surface area contributed by atoms with Gasteiger partial charge in [0.05, 0.1) is 0 Å². The van der Waals surface area contributed by atoms with Gasteiger partial charge in [-0.3, -0.25) is 0 Å². The Balaban J connectivity index is 2.50.